The van der Waals surface area contributed by atoms with Crippen molar-refractivity contribution in [3.8, 4) is 0 Å². The molecule has 0 aliphatic carbocycles. The van der Waals surface area contributed by atoms with Crippen LogP contribution in [0.15, 0.2) is 0 Å². The van der Waals surface area contributed by atoms with Gasteiger partial charge in [-0.05, 0) is 5.92 Å². The highest BCUT2D eigenvalue weighted by Crippen LogP contribution is 2.36. The summed E-state index contributed by atoms with van der Waals surface area (Å²) in [4.78, 5) is 14.8. The topological polar surface area (TPSA) is 70.8 Å². The molecule has 0 bridgehead atoms. The first-order chi connectivity index (χ1) is 7.09. The number of rotatable bonds is 3. The molecule has 6 heteroatoms. The van der Waals surface area contributed by atoms with E-state index in [0.717, 1.165) is 0 Å². The Labute approximate surface area is 87.6 Å². The fourth-order valence-electron chi connectivity index (χ4n) is 2.27. The molecular formula is C9H15NO5. The number of hydrogen-bond acceptors (Lipinski definition) is 5. The second-order valence-corrected chi connectivity index (χ2v) is 4.37. The molecule has 86 valence electrons. The molecule has 0 N–H and O–H groups in total. The van der Waals surface area contributed by atoms with Crippen LogP contribution >= 0.6 is 0 Å². The SMILES string of the molecule is CC(C)[C@H]1CO[C@H]2[C@@H]1OC[C@H]2O[N+](=O)[O-]. The number of fused-ring (bicyclic) bond motifs is 1. The first-order valence-electron chi connectivity index (χ1n) is 5.14. The summed E-state index contributed by atoms with van der Waals surface area (Å²) in [6, 6.07) is 0. The second kappa shape index (κ2) is 3.94. The van der Waals surface area contributed by atoms with Gasteiger partial charge in [0.1, 0.15) is 6.10 Å². The predicted molar refractivity (Wildman–Crippen MR) is 49.7 cm³/mol. The van der Waals surface area contributed by atoms with Crippen LogP contribution in [0.4, 0.5) is 0 Å². The molecule has 0 radical (unpaired) electrons. The minimum absolute atomic E-state index is 0.0463. The Bertz CT molecular complexity index is 257. The lowest BCUT2D eigenvalue weighted by atomic mass is 9.90. The number of ether oxygens (including phenoxy) is 2. The van der Waals surface area contributed by atoms with Crippen LogP contribution in [0.1, 0.15) is 13.8 Å². The van der Waals surface area contributed by atoms with Crippen molar-refractivity contribution in [3.63, 3.8) is 0 Å². The summed E-state index contributed by atoms with van der Waals surface area (Å²) in [6.45, 7) is 5.05. The minimum Gasteiger partial charge on any atom is -0.373 e. The van der Waals surface area contributed by atoms with E-state index in [9.17, 15) is 10.1 Å². The highest BCUT2D eigenvalue weighted by molar-refractivity contribution is 4.95. The molecule has 2 heterocycles. The van der Waals surface area contributed by atoms with Crippen molar-refractivity contribution < 1.29 is 19.4 Å². The van der Waals surface area contributed by atoms with Crippen molar-refractivity contribution in [2.24, 2.45) is 11.8 Å². The summed E-state index contributed by atoms with van der Waals surface area (Å²) in [5, 5.41) is 9.46. The fraction of sp³-hybridized carbons (Fsp3) is 1.00. The largest absolute Gasteiger partial charge is 0.373 e. The molecule has 0 unspecified atom stereocenters. The van der Waals surface area contributed by atoms with Gasteiger partial charge in [0.15, 0.2) is 6.10 Å². The first-order valence-corrected chi connectivity index (χ1v) is 5.14. The molecule has 15 heavy (non-hydrogen) atoms. The van der Waals surface area contributed by atoms with Gasteiger partial charge in [0, 0.05) is 5.92 Å². The predicted octanol–water partition coefficient (Wildman–Crippen LogP) is 0.633. The summed E-state index contributed by atoms with van der Waals surface area (Å²) >= 11 is 0. The van der Waals surface area contributed by atoms with E-state index in [-0.39, 0.29) is 18.8 Å². The fourth-order valence-corrected chi connectivity index (χ4v) is 2.27. The molecule has 0 saturated carbocycles. The van der Waals surface area contributed by atoms with Crippen LogP contribution in [-0.4, -0.2) is 36.6 Å². The van der Waals surface area contributed by atoms with Crippen LogP contribution in [0.25, 0.3) is 0 Å². The summed E-state index contributed by atoms with van der Waals surface area (Å²) in [6.07, 6.45) is -0.883. The van der Waals surface area contributed by atoms with E-state index in [4.69, 9.17) is 9.47 Å². The molecule has 0 aromatic heterocycles. The number of nitrogens with zero attached hydrogens (tertiary/aromatic N) is 1. The standard InChI is InChI=1S/C9H15NO5/c1-5(2)6-3-13-9-7(15-10(11)12)4-14-8(6)9/h5-9H,3-4H2,1-2H3/t6-,7-,8-,9-/m1/s1. The lowest BCUT2D eigenvalue weighted by Crippen LogP contribution is -2.33. The maximum absolute atomic E-state index is 10.2. The van der Waals surface area contributed by atoms with Crippen molar-refractivity contribution in [3.05, 3.63) is 10.1 Å². The summed E-state index contributed by atoms with van der Waals surface area (Å²) in [5.41, 5.74) is 0. The average molecular weight is 217 g/mol. The molecule has 2 rings (SSSR count). The zero-order valence-corrected chi connectivity index (χ0v) is 8.79. The third kappa shape index (κ3) is 1.91. The van der Waals surface area contributed by atoms with E-state index < -0.39 is 11.2 Å². The van der Waals surface area contributed by atoms with Gasteiger partial charge in [-0.3, -0.25) is 0 Å². The third-order valence-electron chi connectivity index (χ3n) is 3.12. The Hall–Kier alpha value is -0.880. The van der Waals surface area contributed by atoms with Crippen molar-refractivity contribution in [2.75, 3.05) is 13.2 Å². The van der Waals surface area contributed by atoms with Crippen LogP contribution in [0.2, 0.25) is 0 Å². The van der Waals surface area contributed by atoms with Crippen LogP contribution in [-0.2, 0) is 14.3 Å². The Kier molecular flexibility index (Phi) is 2.79. The van der Waals surface area contributed by atoms with Gasteiger partial charge < -0.3 is 14.3 Å². The van der Waals surface area contributed by atoms with Gasteiger partial charge in [-0.15, -0.1) is 10.1 Å². The highest BCUT2D eigenvalue weighted by Gasteiger charge is 2.49. The molecule has 0 spiro atoms. The molecule has 0 aromatic rings. The van der Waals surface area contributed by atoms with Gasteiger partial charge in [0.25, 0.3) is 5.09 Å². The Morgan fingerprint density at radius 1 is 1.33 bits per heavy atom. The van der Waals surface area contributed by atoms with Gasteiger partial charge in [-0.1, -0.05) is 13.8 Å². The zero-order chi connectivity index (χ0) is 11.0. The van der Waals surface area contributed by atoms with E-state index in [0.29, 0.717) is 18.4 Å². The molecular weight excluding hydrogens is 202 g/mol. The Balaban J connectivity index is 1.99. The number of hydrogen-bond donors (Lipinski definition) is 0. The molecule has 2 aliphatic rings. The van der Waals surface area contributed by atoms with Gasteiger partial charge in [-0.25, -0.2) is 0 Å². The van der Waals surface area contributed by atoms with Crippen molar-refractivity contribution in [1.82, 2.24) is 0 Å². The Morgan fingerprint density at radius 2 is 2.00 bits per heavy atom. The van der Waals surface area contributed by atoms with Crippen LogP contribution in [0.5, 0.6) is 0 Å². The van der Waals surface area contributed by atoms with E-state index in [1.54, 1.807) is 0 Å². The lowest BCUT2D eigenvalue weighted by molar-refractivity contribution is -0.769. The normalized spacial score (nSPS) is 39.4. The summed E-state index contributed by atoms with van der Waals surface area (Å²) in [5.74, 6) is 0.768. The molecule has 0 aromatic carbocycles. The average Bonchev–Trinajstić information content (AvgIpc) is 2.66. The highest BCUT2D eigenvalue weighted by atomic mass is 17.0. The van der Waals surface area contributed by atoms with Gasteiger partial charge in [-0.2, -0.15) is 0 Å². The van der Waals surface area contributed by atoms with Crippen molar-refractivity contribution in [2.45, 2.75) is 32.2 Å². The van der Waals surface area contributed by atoms with Crippen molar-refractivity contribution in [1.29, 1.82) is 0 Å². The van der Waals surface area contributed by atoms with Gasteiger partial charge in [0.2, 0.25) is 0 Å². The van der Waals surface area contributed by atoms with E-state index in [2.05, 4.69) is 18.7 Å². The quantitative estimate of drug-likeness (QED) is 0.512. The lowest BCUT2D eigenvalue weighted by Gasteiger charge is -2.18. The maximum atomic E-state index is 10.2. The summed E-state index contributed by atoms with van der Waals surface area (Å²) in [7, 11) is 0. The third-order valence-corrected chi connectivity index (χ3v) is 3.12. The minimum atomic E-state index is -0.775. The zero-order valence-electron chi connectivity index (χ0n) is 8.79. The second-order valence-electron chi connectivity index (χ2n) is 4.37. The van der Waals surface area contributed by atoms with E-state index >= 15 is 0 Å². The molecule has 0 amide bonds. The molecule has 2 aliphatic heterocycles. The summed E-state index contributed by atoms with van der Waals surface area (Å²) < 4.78 is 11.0. The smallest absolute Gasteiger partial charge is 0.294 e. The van der Waals surface area contributed by atoms with E-state index in [1.165, 1.54) is 0 Å². The van der Waals surface area contributed by atoms with Crippen LogP contribution < -0.4 is 0 Å². The van der Waals surface area contributed by atoms with Crippen LogP contribution in [0.3, 0.4) is 0 Å². The van der Waals surface area contributed by atoms with Gasteiger partial charge >= 0.3 is 0 Å². The maximum Gasteiger partial charge on any atom is 0.294 e. The van der Waals surface area contributed by atoms with Crippen LogP contribution in [0, 0.1) is 22.0 Å². The monoisotopic (exact) mass is 217 g/mol. The molecule has 2 fully saturated rings. The molecule has 6 nitrogen and oxygen atoms in total. The van der Waals surface area contributed by atoms with Gasteiger partial charge in [0.05, 0.1) is 19.3 Å². The molecule has 4 atom stereocenters. The molecule has 2 saturated heterocycles. The van der Waals surface area contributed by atoms with E-state index in [1.807, 2.05) is 0 Å². The Morgan fingerprint density at radius 3 is 2.60 bits per heavy atom. The first kappa shape index (κ1) is 10.6. The van der Waals surface area contributed by atoms with Crippen molar-refractivity contribution >= 4 is 0 Å².